The molecule has 0 aliphatic rings. The molecule has 0 aromatic carbocycles. The summed E-state index contributed by atoms with van der Waals surface area (Å²) in [5.41, 5.74) is 4.67. The third kappa shape index (κ3) is 4.13. The second-order valence-electron chi connectivity index (χ2n) is 3.79. The number of amides is 1. The van der Waals surface area contributed by atoms with E-state index >= 15 is 0 Å². The van der Waals surface area contributed by atoms with Crippen molar-refractivity contribution in [2.45, 2.75) is 13.3 Å². The monoisotopic (exact) mass is 278 g/mol. The minimum Gasteiger partial charge on any atom is -0.449 e. The van der Waals surface area contributed by atoms with E-state index in [1.807, 2.05) is 0 Å². The standard InChI is InChI=1S/C12H14N4O4/c1-3-9-7-16(11(18)15-10(9)13)12(19)20-6-4-5-14-8(2)17/h1,7H,4-6H2,2H3,(H,14,17)(H2,13,15,18). The van der Waals surface area contributed by atoms with Crippen molar-refractivity contribution in [2.75, 3.05) is 18.9 Å². The fraction of sp³-hybridized carbons (Fsp3) is 0.333. The molecule has 0 spiro atoms. The van der Waals surface area contributed by atoms with Crippen LogP contribution in [0.25, 0.3) is 0 Å². The first-order valence-corrected chi connectivity index (χ1v) is 5.73. The topological polar surface area (TPSA) is 116 Å². The number of rotatable bonds is 4. The van der Waals surface area contributed by atoms with Gasteiger partial charge in [0.25, 0.3) is 0 Å². The van der Waals surface area contributed by atoms with Gasteiger partial charge in [-0.1, -0.05) is 5.92 Å². The molecule has 106 valence electrons. The number of carbonyl (C=O) groups is 2. The van der Waals surface area contributed by atoms with Gasteiger partial charge in [-0.15, -0.1) is 6.42 Å². The molecule has 1 aromatic rings. The van der Waals surface area contributed by atoms with Crippen molar-refractivity contribution < 1.29 is 14.3 Å². The lowest BCUT2D eigenvalue weighted by atomic mass is 10.3. The summed E-state index contributed by atoms with van der Waals surface area (Å²) in [6, 6.07) is 0. The van der Waals surface area contributed by atoms with Gasteiger partial charge in [0.05, 0.1) is 12.2 Å². The highest BCUT2D eigenvalue weighted by Crippen LogP contribution is 2.02. The normalized spacial score (nSPS) is 9.60. The number of nitrogens with two attached hydrogens (primary N) is 1. The number of carbonyl (C=O) groups excluding carboxylic acids is 2. The van der Waals surface area contributed by atoms with E-state index in [1.165, 1.54) is 6.92 Å². The largest absolute Gasteiger partial charge is 0.449 e. The van der Waals surface area contributed by atoms with Gasteiger partial charge in [0, 0.05) is 19.7 Å². The molecule has 0 radical (unpaired) electrons. The highest BCUT2D eigenvalue weighted by Gasteiger charge is 2.12. The average molecular weight is 278 g/mol. The fourth-order valence-electron chi connectivity index (χ4n) is 1.28. The van der Waals surface area contributed by atoms with Crippen molar-refractivity contribution in [2.24, 2.45) is 0 Å². The van der Waals surface area contributed by atoms with Crippen LogP contribution in [0.15, 0.2) is 11.0 Å². The SMILES string of the molecule is C#Cc1cn(C(=O)OCCCNC(C)=O)c(=O)nc1N. The molecule has 0 bridgehead atoms. The summed E-state index contributed by atoms with van der Waals surface area (Å²) in [5.74, 6) is 1.91. The van der Waals surface area contributed by atoms with Gasteiger partial charge in [0.1, 0.15) is 5.82 Å². The van der Waals surface area contributed by atoms with E-state index in [-0.39, 0.29) is 23.9 Å². The highest BCUT2D eigenvalue weighted by atomic mass is 16.5. The van der Waals surface area contributed by atoms with Crippen LogP contribution in [0.4, 0.5) is 10.6 Å². The van der Waals surface area contributed by atoms with Crippen molar-refractivity contribution in [3.05, 3.63) is 22.2 Å². The summed E-state index contributed by atoms with van der Waals surface area (Å²) in [7, 11) is 0. The Bertz CT molecular complexity index is 615. The summed E-state index contributed by atoms with van der Waals surface area (Å²) in [6.07, 6.45) is 5.78. The number of aromatic nitrogens is 2. The molecular weight excluding hydrogens is 264 g/mol. The van der Waals surface area contributed by atoms with Crippen molar-refractivity contribution >= 4 is 17.8 Å². The van der Waals surface area contributed by atoms with Crippen LogP contribution in [0.2, 0.25) is 0 Å². The number of nitrogens with one attached hydrogen (secondary N) is 1. The predicted octanol–water partition coefficient (Wildman–Crippen LogP) is -0.682. The summed E-state index contributed by atoms with van der Waals surface area (Å²) >= 11 is 0. The van der Waals surface area contributed by atoms with Crippen LogP contribution >= 0.6 is 0 Å². The van der Waals surface area contributed by atoms with Gasteiger partial charge >= 0.3 is 11.8 Å². The molecule has 0 saturated carbocycles. The number of hydrogen-bond donors (Lipinski definition) is 2. The Kier molecular flexibility index (Phi) is 5.29. The van der Waals surface area contributed by atoms with Gasteiger partial charge < -0.3 is 15.8 Å². The summed E-state index contributed by atoms with van der Waals surface area (Å²) < 4.78 is 5.50. The highest BCUT2D eigenvalue weighted by molar-refractivity contribution is 5.72. The Morgan fingerprint density at radius 3 is 2.90 bits per heavy atom. The third-order valence-corrected chi connectivity index (χ3v) is 2.23. The molecule has 3 N–H and O–H groups in total. The first kappa shape index (κ1) is 15.2. The molecular formula is C12H14N4O4. The molecule has 0 atom stereocenters. The summed E-state index contributed by atoms with van der Waals surface area (Å²) in [6.45, 7) is 1.79. The molecule has 8 heteroatoms. The van der Waals surface area contributed by atoms with Crippen LogP contribution in [0.3, 0.4) is 0 Å². The maximum atomic E-state index is 11.6. The number of ether oxygens (including phenoxy) is 1. The Labute approximate surface area is 114 Å². The van der Waals surface area contributed by atoms with Crippen LogP contribution in [0, 0.1) is 12.3 Å². The van der Waals surface area contributed by atoms with Crippen LogP contribution in [0.5, 0.6) is 0 Å². The maximum absolute atomic E-state index is 11.6. The van der Waals surface area contributed by atoms with Crippen LogP contribution in [0.1, 0.15) is 18.9 Å². The van der Waals surface area contributed by atoms with Crippen molar-refractivity contribution in [1.29, 1.82) is 0 Å². The smallest absolute Gasteiger partial charge is 0.422 e. The second kappa shape index (κ2) is 6.94. The van der Waals surface area contributed by atoms with Crippen LogP contribution < -0.4 is 16.7 Å². The quantitative estimate of drug-likeness (QED) is 0.556. The predicted molar refractivity (Wildman–Crippen MR) is 70.9 cm³/mol. The Morgan fingerprint density at radius 2 is 2.30 bits per heavy atom. The fourth-order valence-corrected chi connectivity index (χ4v) is 1.28. The minimum atomic E-state index is -0.901. The second-order valence-corrected chi connectivity index (χ2v) is 3.79. The zero-order valence-electron chi connectivity index (χ0n) is 10.9. The van der Waals surface area contributed by atoms with Crippen LogP contribution in [-0.4, -0.2) is 34.7 Å². The molecule has 1 aromatic heterocycles. The van der Waals surface area contributed by atoms with E-state index in [2.05, 4.69) is 16.2 Å². The summed E-state index contributed by atoms with van der Waals surface area (Å²) in [5, 5.41) is 2.54. The first-order valence-electron chi connectivity index (χ1n) is 5.73. The molecule has 20 heavy (non-hydrogen) atoms. The lowest BCUT2D eigenvalue weighted by molar-refractivity contribution is -0.118. The van der Waals surface area contributed by atoms with Gasteiger partial charge in [-0.3, -0.25) is 4.79 Å². The average Bonchev–Trinajstić information content (AvgIpc) is 2.38. The number of anilines is 1. The Balaban J connectivity index is 2.62. The third-order valence-electron chi connectivity index (χ3n) is 2.23. The zero-order chi connectivity index (χ0) is 15.1. The minimum absolute atomic E-state index is 0.0430. The zero-order valence-corrected chi connectivity index (χ0v) is 10.9. The number of nitrogens with zero attached hydrogens (tertiary/aromatic N) is 2. The van der Waals surface area contributed by atoms with Gasteiger partial charge in [-0.25, -0.2) is 14.2 Å². The van der Waals surface area contributed by atoms with E-state index in [4.69, 9.17) is 16.9 Å². The van der Waals surface area contributed by atoms with E-state index < -0.39 is 11.8 Å². The van der Waals surface area contributed by atoms with Gasteiger partial charge in [-0.2, -0.15) is 4.98 Å². The Morgan fingerprint density at radius 1 is 1.60 bits per heavy atom. The molecule has 1 amide bonds. The Hall–Kier alpha value is -2.82. The number of nitrogen functional groups attached to an aromatic ring is 1. The van der Waals surface area contributed by atoms with Crippen molar-refractivity contribution in [3.8, 4) is 12.3 Å². The summed E-state index contributed by atoms with van der Waals surface area (Å²) in [4.78, 5) is 37.1. The lowest BCUT2D eigenvalue weighted by Gasteiger charge is -2.07. The van der Waals surface area contributed by atoms with Gasteiger partial charge in [-0.05, 0) is 6.42 Å². The number of terminal acetylenes is 1. The van der Waals surface area contributed by atoms with Gasteiger partial charge in [0.15, 0.2) is 0 Å². The molecule has 0 fully saturated rings. The molecule has 0 aliphatic carbocycles. The molecule has 0 saturated heterocycles. The van der Waals surface area contributed by atoms with E-state index in [0.29, 0.717) is 17.5 Å². The van der Waals surface area contributed by atoms with E-state index in [9.17, 15) is 14.4 Å². The van der Waals surface area contributed by atoms with Crippen molar-refractivity contribution in [1.82, 2.24) is 14.9 Å². The molecule has 1 rings (SSSR count). The van der Waals surface area contributed by atoms with E-state index in [1.54, 1.807) is 0 Å². The molecule has 8 nitrogen and oxygen atoms in total. The molecule has 1 heterocycles. The van der Waals surface area contributed by atoms with E-state index in [0.717, 1.165) is 6.20 Å². The molecule has 0 aliphatic heterocycles. The first-order chi connectivity index (χ1) is 9.45. The maximum Gasteiger partial charge on any atom is 0.422 e. The molecule has 0 unspecified atom stereocenters. The lowest BCUT2D eigenvalue weighted by Crippen LogP contribution is -2.31. The van der Waals surface area contributed by atoms with Gasteiger partial charge in [0.2, 0.25) is 5.91 Å². The van der Waals surface area contributed by atoms with Crippen molar-refractivity contribution in [3.63, 3.8) is 0 Å². The number of hydrogen-bond acceptors (Lipinski definition) is 6. The van der Waals surface area contributed by atoms with Crippen LogP contribution in [-0.2, 0) is 9.53 Å².